The first-order chi connectivity index (χ1) is 10.7. The van der Waals surface area contributed by atoms with Crippen molar-refractivity contribution in [2.45, 2.75) is 25.7 Å². The average Bonchev–Trinajstić information content (AvgIpc) is 2.55. The molecule has 0 radical (unpaired) electrons. The van der Waals surface area contributed by atoms with Crippen molar-refractivity contribution < 1.29 is 4.79 Å². The van der Waals surface area contributed by atoms with Crippen molar-refractivity contribution in [1.29, 1.82) is 0 Å². The first-order valence-corrected chi connectivity index (χ1v) is 8.53. The Balaban J connectivity index is 2.00. The third-order valence-corrected chi connectivity index (χ3v) is 5.11. The summed E-state index contributed by atoms with van der Waals surface area (Å²) < 4.78 is 0. The number of hydrogen-bond donors (Lipinski definition) is 1. The Morgan fingerprint density at radius 2 is 1.82 bits per heavy atom. The fourth-order valence-electron chi connectivity index (χ4n) is 3.35. The second kappa shape index (κ2) is 6.99. The number of piperidine rings is 1. The Morgan fingerprint density at radius 1 is 1.14 bits per heavy atom. The summed E-state index contributed by atoms with van der Waals surface area (Å²) in [6, 6.07) is 5.20. The van der Waals surface area contributed by atoms with Crippen molar-refractivity contribution in [2.24, 2.45) is 5.92 Å². The Kier molecular flexibility index (Phi) is 5.02. The lowest BCUT2D eigenvalue weighted by Crippen LogP contribution is -2.29. The van der Waals surface area contributed by atoms with E-state index < -0.39 is 0 Å². The Labute approximate surface area is 141 Å². The van der Waals surface area contributed by atoms with Gasteiger partial charge in [-0.3, -0.25) is 4.79 Å². The fraction of sp³-hybridized carbons (Fsp3) is 0.389. The van der Waals surface area contributed by atoms with Crippen molar-refractivity contribution in [2.75, 3.05) is 13.1 Å². The molecular weight excluding hydrogens is 317 g/mol. The molecule has 0 bridgehead atoms. The summed E-state index contributed by atoms with van der Waals surface area (Å²) in [7, 11) is 0. The van der Waals surface area contributed by atoms with Crippen molar-refractivity contribution in [3.63, 3.8) is 0 Å². The van der Waals surface area contributed by atoms with Crippen LogP contribution in [0.1, 0.15) is 36.0 Å². The van der Waals surface area contributed by atoms with Crippen LogP contribution in [0.5, 0.6) is 0 Å². The van der Waals surface area contributed by atoms with Crippen LogP contribution in [0, 0.1) is 5.92 Å². The van der Waals surface area contributed by atoms with E-state index in [1.807, 2.05) is 6.08 Å². The molecule has 2 nitrogen and oxygen atoms in total. The van der Waals surface area contributed by atoms with Crippen molar-refractivity contribution in [1.82, 2.24) is 5.32 Å². The van der Waals surface area contributed by atoms with Gasteiger partial charge in [-0.1, -0.05) is 47.0 Å². The number of carbonyl (C=O) groups is 1. The van der Waals surface area contributed by atoms with Gasteiger partial charge in [0.05, 0.1) is 15.6 Å². The Morgan fingerprint density at radius 3 is 2.50 bits per heavy atom. The summed E-state index contributed by atoms with van der Waals surface area (Å²) in [5.41, 5.74) is 2.51. The average molecular weight is 336 g/mol. The van der Waals surface area contributed by atoms with Gasteiger partial charge in [-0.2, -0.15) is 0 Å². The molecule has 1 aliphatic carbocycles. The highest BCUT2D eigenvalue weighted by Gasteiger charge is 2.26. The minimum Gasteiger partial charge on any atom is -0.317 e. The van der Waals surface area contributed by atoms with Crippen LogP contribution < -0.4 is 5.32 Å². The number of halogens is 2. The van der Waals surface area contributed by atoms with E-state index in [1.54, 1.807) is 18.2 Å². The minimum absolute atomic E-state index is 0.0416. The Hall–Kier alpha value is -1.09. The van der Waals surface area contributed by atoms with Crippen LogP contribution >= 0.6 is 23.2 Å². The highest BCUT2D eigenvalue weighted by molar-refractivity contribution is 6.41. The van der Waals surface area contributed by atoms with Crippen LogP contribution in [0.15, 0.2) is 41.5 Å². The second-order valence-corrected chi connectivity index (χ2v) is 6.64. The molecule has 1 aliphatic heterocycles. The number of carbonyl (C=O) groups excluding carboxylic acids is 1. The van der Waals surface area contributed by atoms with Gasteiger partial charge < -0.3 is 5.32 Å². The molecule has 3 rings (SSSR count). The van der Waals surface area contributed by atoms with Gasteiger partial charge >= 0.3 is 0 Å². The van der Waals surface area contributed by atoms with E-state index in [0.29, 0.717) is 21.5 Å². The molecule has 0 spiro atoms. The van der Waals surface area contributed by atoms with Crippen LogP contribution in [0.3, 0.4) is 0 Å². The highest BCUT2D eigenvalue weighted by Crippen LogP contribution is 2.35. The van der Waals surface area contributed by atoms with E-state index in [9.17, 15) is 4.79 Å². The zero-order valence-corrected chi connectivity index (χ0v) is 13.9. The molecule has 4 heteroatoms. The molecular formula is C18H19Cl2NO. The van der Waals surface area contributed by atoms with Crippen LogP contribution in [0.2, 0.25) is 10.0 Å². The first kappa shape index (κ1) is 15.8. The normalized spacial score (nSPS) is 19.5. The van der Waals surface area contributed by atoms with Gasteiger partial charge in [0.25, 0.3) is 0 Å². The smallest absolute Gasteiger partial charge is 0.195 e. The SMILES string of the molecule is O=C(C1=C(C2CCNCC2)CCC=C1)c1c(Cl)cccc1Cl. The van der Waals surface area contributed by atoms with Crippen LogP contribution in [-0.2, 0) is 0 Å². The summed E-state index contributed by atoms with van der Waals surface area (Å²) >= 11 is 12.4. The molecule has 0 unspecified atom stereocenters. The lowest BCUT2D eigenvalue weighted by Gasteiger charge is -2.28. The van der Waals surface area contributed by atoms with E-state index in [1.165, 1.54) is 5.57 Å². The number of nitrogens with one attached hydrogen (secondary N) is 1. The third-order valence-electron chi connectivity index (χ3n) is 4.48. The van der Waals surface area contributed by atoms with E-state index >= 15 is 0 Å². The topological polar surface area (TPSA) is 29.1 Å². The van der Waals surface area contributed by atoms with Gasteiger partial charge in [0, 0.05) is 5.57 Å². The van der Waals surface area contributed by atoms with Gasteiger partial charge in [0.2, 0.25) is 0 Å². The minimum atomic E-state index is -0.0416. The van der Waals surface area contributed by atoms with E-state index in [2.05, 4.69) is 11.4 Å². The number of benzene rings is 1. The lowest BCUT2D eigenvalue weighted by atomic mass is 9.80. The fourth-order valence-corrected chi connectivity index (χ4v) is 3.92. The molecule has 1 aromatic carbocycles. The third kappa shape index (κ3) is 3.15. The molecule has 22 heavy (non-hydrogen) atoms. The maximum Gasteiger partial charge on any atom is 0.195 e. The molecule has 0 saturated carbocycles. The predicted molar refractivity (Wildman–Crippen MR) is 91.8 cm³/mol. The summed E-state index contributed by atoms with van der Waals surface area (Å²) in [6.45, 7) is 2.04. The van der Waals surface area contributed by atoms with Crippen molar-refractivity contribution in [3.05, 3.63) is 57.1 Å². The number of hydrogen-bond acceptors (Lipinski definition) is 2. The largest absolute Gasteiger partial charge is 0.317 e. The van der Waals surface area contributed by atoms with E-state index in [0.717, 1.165) is 44.3 Å². The first-order valence-electron chi connectivity index (χ1n) is 7.77. The highest BCUT2D eigenvalue weighted by atomic mass is 35.5. The molecule has 2 aliphatic rings. The number of ketones is 1. The zero-order chi connectivity index (χ0) is 15.5. The molecule has 0 aromatic heterocycles. The Bertz CT molecular complexity index is 622. The quantitative estimate of drug-likeness (QED) is 0.802. The number of Topliss-reactive ketones (excluding diaryl/α,β-unsaturated/α-hetero) is 1. The van der Waals surface area contributed by atoms with Crippen molar-refractivity contribution in [3.8, 4) is 0 Å². The monoisotopic (exact) mass is 335 g/mol. The molecule has 1 aromatic rings. The summed E-state index contributed by atoms with van der Waals surface area (Å²) in [5.74, 6) is 0.450. The van der Waals surface area contributed by atoms with Gasteiger partial charge in [-0.25, -0.2) is 0 Å². The van der Waals surface area contributed by atoms with Crippen LogP contribution in [0.25, 0.3) is 0 Å². The molecule has 1 N–H and O–H groups in total. The van der Waals surface area contributed by atoms with Crippen molar-refractivity contribution >= 4 is 29.0 Å². The second-order valence-electron chi connectivity index (χ2n) is 5.83. The van der Waals surface area contributed by atoms with Gasteiger partial charge in [-0.05, 0) is 56.8 Å². The van der Waals surface area contributed by atoms with E-state index in [4.69, 9.17) is 23.2 Å². The maximum absolute atomic E-state index is 13.0. The number of allylic oxidation sites excluding steroid dienone is 4. The van der Waals surface area contributed by atoms with Gasteiger partial charge in [-0.15, -0.1) is 0 Å². The standard InChI is InChI=1S/C18H19Cl2NO/c19-15-6-3-7-16(20)17(15)18(22)14-5-2-1-4-13(14)12-8-10-21-11-9-12/h2-3,5-7,12,21H,1,4,8-11H2. The molecule has 1 heterocycles. The molecule has 1 fully saturated rings. The molecule has 116 valence electrons. The summed E-state index contributed by atoms with van der Waals surface area (Å²) in [4.78, 5) is 13.0. The zero-order valence-electron chi connectivity index (χ0n) is 12.4. The van der Waals surface area contributed by atoms with Gasteiger partial charge in [0.15, 0.2) is 5.78 Å². The molecule has 0 atom stereocenters. The molecule has 1 saturated heterocycles. The summed E-state index contributed by atoms with van der Waals surface area (Å²) in [6.07, 6.45) is 8.19. The lowest BCUT2D eigenvalue weighted by molar-refractivity contribution is 0.103. The summed E-state index contributed by atoms with van der Waals surface area (Å²) in [5, 5.41) is 4.23. The maximum atomic E-state index is 13.0. The van der Waals surface area contributed by atoms with Gasteiger partial charge in [0.1, 0.15) is 0 Å². The van der Waals surface area contributed by atoms with Crippen LogP contribution in [-0.4, -0.2) is 18.9 Å². The number of rotatable bonds is 3. The molecule has 0 amide bonds. The van der Waals surface area contributed by atoms with Crippen LogP contribution in [0.4, 0.5) is 0 Å². The van der Waals surface area contributed by atoms with E-state index in [-0.39, 0.29) is 5.78 Å². The predicted octanol–water partition coefficient (Wildman–Crippen LogP) is 4.82.